The molecule has 36 heavy (non-hydrogen) atoms. The van der Waals surface area contributed by atoms with Gasteiger partial charge in [0.1, 0.15) is 23.0 Å². The van der Waals surface area contributed by atoms with Crippen LogP contribution in [0.2, 0.25) is 0 Å². The maximum atomic E-state index is 12.9. The molecule has 1 aliphatic heterocycles. The maximum Gasteiger partial charge on any atom is 0.343 e. The summed E-state index contributed by atoms with van der Waals surface area (Å²) in [6.07, 6.45) is 1.57. The van der Waals surface area contributed by atoms with E-state index in [1.54, 1.807) is 37.5 Å². The molecule has 3 aromatic rings. The van der Waals surface area contributed by atoms with Crippen LogP contribution in [-0.4, -0.2) is 47.3 Å². The number of ether oxygens (including phenoxy) is 7. The van der Waals surface area contributed by atoms with E-state index >= 15 is 0 Å². The van der Waals surface area contributed by atoms with Gasteiger partial charge in [0.05, 0.1) is 46.7 Å². The molecule has 0 saturated carbocycles. The molecule has 1 heterocycles. The van der Waals surface area contributed by atoms with Crippen molar-refractivity contribution in [1.29, 1.82) is 0 Å². The first-order valence-corrected chi connectivity index (χ1v) is 10.7. The number of hydrogen-bond acceptors (Lipinski definition) is 9. The van der Waals surface area contributed by atoms with E-state index < -0.39 is 5.97 Å². The molecule has 0 aromatic heterocycles. The van der Waals surface area contributed by atoms with Crippen LogP contribution in [0.5, 0.6) is 40.2 Å². The van der Waals surface area contributed by atoms with E-state index in [4.69, 9.17) is 33.2 Å². The number of esters is 1. The van der Waals surface area contributed by atoms with Crippen molar-refractivity contribution < 1.29 is 42.7 Å². The Kier molecular flexibility index (Phi) is 7.00. The molecule has 0 N–H and O–H groups in total. The van der Waals surface area contributed by atoms with E-state index in [1.165, 1.54) is 52.7 Å². The quantitative estimate of drug-likeness (QED) is 0.254. The average Bonchev–Trinajstić information content (AvgIpc) is 3.21. The van der Waals surface area contributed by atoms with Gasteiger partial charge < -0.3 is 33.2 Å². The lowest BCUT2D eigenvalue weighted by atomic mass is 10.1. The minimum atomic E-state index is -0.657. The lowest BCUT2D eigenvalue weighted by molar-refractivity contribution is 0.0733. The van der Waals surface area contributed by atoms with Gasteiger partial charge in [-0.2, -0.15) is 0 Å². The van der Waals surface area contributed by atoms with Crippen molar-refractivity contribution in [2.24, 2.45) is 0 Å². The number of carbonyl (C=O) groups is 2. The molecule has 0 fully saturated rings. The van der Waals surface area contributed by atoms with Crippen LogP contribution < -0.4 is 33.2 Å². The lowest BCUT2D eigenvalue weighted by Crippen LogP contribution is -2.09. The third kappa shape index (κ3) is 4.63. The van der Waals surface area contributed by atoms with E-state index in [2.05, 4.69) is 0 Å². The molecule has 0 aliphatic carbocycles. The number of ketones is 1. The van der Waals surface area contributed by atoms with Crippen molar-refractivity contribution in [3.63, 3.8) is 0 Å². The molecule has 0 atom stereocenters. The molecule has 3 aromatic carbocycles. The fraction of sp³-hybridized carbons (Fsp3) is 0.185. The Bertz CT molecular complexity index is 1330. The Morgan fingerprint density at radius 2 is 1.42 bits per heavy atom. The van der Waals surface area contributed by atoms with E-state index in [1.807, 2.05) is 0 Å². The predicted molar refractivity (Wildman–Crippen MR) is 130 cm³/mol. The molecular weight excluding hydrogens is 468 g/mol. The number of hydrogen-bond donors (Lipinski definition) is 0. The molecule has 9 heteroatoms. The third-order valence-electron chi connectivity index (χ3n) is 5.48. The van der Waals surface area contributed by atoms with Crippen LogP contribution in [0.25, 0.3) is 6.08 Å². The molecule has 4 rings (SSSR count). The predicted octanol–water partition coefficient (Wildman–Crippen LogP) is 4.57. The Balaban J connectivity index is 1.59. The number of carbonyl (C=O) groups excluding carboxylic acids is 2. The standard InChI is InChI=1S/C27H24O9/c1-30-17-7-9-20(31-2)15(10-17)11-22-25(28)19-8-6-18(14-21(19)36-22)35-27(29)16-12-23(32-3)26(34-5)24(13-16)33-4/h6-14H,1-5H3/b22-11-. The van der Waals surface area contributed by atoms with Crippen LogP contribution >= 0.6 is 0 Å². The summed E-state index contributed by atoms with van der Waals surface area (Å²) in [5.41, 5.74) is 1.14. The van der Waals surface area contributed by atoms with Gasteiger partial charge in [0.2, 0.25) is 11.5 Å². The highest BCUT2D eigenvalue weighted by Gasteiger charge is 2.29. The minimum absolute atomic E-state index is 0.102. The van der Waals surface area contributed by atoms with Gasteiger partial charge in [0.15, 0.2) is 17.3 Å². The summed E-state index contributed by atoms with van der Waals surface area (Å²) in [5, 5.41) is 0. The molecular formula is C27H24O9. The number of rotatable bonds is 8. The first-order valence-electron chi connectivity index (χ1n) is 10.7. The van der Waals surface area contributed by atoms with Gasteiger partial charge in [-0.1, -0.05) is 0 Å². The van der Waals surface area contributed by atoms with Crippen LogP contribution in [0, 0.1) is 0 Å². The summed E-state index contributed by atoms with van der Waals surface area (Å²) in [5.74, 6) is 1.74. The van der Waals surface area contributed by atoms with Crippen molar-refractivity contribution in [3.8, 4) is 40.2 Å². The smallest absolute Gasteiger partial charge is 0.343 e. The van der Waals surface area contributed by atoms with Crippen molar-refractivity contribution in [3.05, 3.63) is 71.0 Å². The Morgan fingerprint density at radius 3 is 2.03 bits per heavy atom. The number of methoxy groups -OCH3 is 5. The normalized spacial score (nSPS) is 13.0. The minimum Gasteiger partial charge on any atom is -0.497 e. The fourth-order valence-electron chi connectivity index (χ4n) is 3.69. The molecule has 0 bridgehead atoms. The first kappa shape index (κ1) is 24.5. The second-order valence-electron chi connectivity index (χ2n) is 7.51. The summed E-state index contributed by atoms with van der Waals surface area (Å²) < 4.78 is 37.8. The fourth-order valence-corrected chi connectivity index (χ4v) is 3.69. The van der Waals surface area contributed by atoms with Crippen LogP contribution in [-0.2, 0) is 0 Å². The molecule has 9 nitrogen and oxygen atoms in total. The molecule has 0 unspecified atom stereocenters. The Labute approximate surface area is 207 Å². The topological polar surface area (TPSA) is 98.8 Å². The number of Topliss-reactive ketones (excluding diaryl/α,β-unsaturated/α-hetero) is 1. The lowest BCUT2D eigenvalue weighted by Gasteiger charge is -2.13. The van der Waals surface area contributed by atoms with Gasteiger partial charge in [-0.05, 0) is 48.5 Å². The highest BCUT2D eigenvalue weighted by Crippen LogP contribution is 2.39. The van der Waals surface area contributed by atoms with Gasteiger partial charge in [-0.3, -0.25) is 4.79 Å². The SMILES string of the molecule is COc1ccc(OC)c(/C=C2\Oc3cc(OC(=O)c4cc(OC)c(OC)c(OC)c4)ccc3C2=O)c1. The van der Waals surface area contributed by atoms with Crippen LogP contribution in [0.4, 0.5) is 0 Å². The van der Waals surface area contributed by atoms with E-state index in [0.29, 0.717) is 39.9 Å². The second-order valence-corrected chi connectivity index (χ2v) is 7.51. The zero-order valence-corrected chi connectivity index (χ0v) is 20.4. The summed E-state index contributed by atoms with van der Waals surface area (Å²) >= 11 is 0. The van der Waals surface area contributed by atoms with Gasteiger partial charge in [0.25, 0.3) is 0 Å². The van der Waals surface area contributed by atoms with E-state index in [-0.39, 0.29) is 28.6 Å². The summed E-state index contributed by atoms with van der Waals surface area (Å²) in [6.45, 7) is 0. The molecule has 0 saturated heterocycles. The van der Waals surface area contributed by atoms with Crippen molar-refractivity contribution in [2.75, 3.05) is 35.5 Å². The highest BCUT2D eigenvalue weighted by atomic mass is 16.5. The zero-order valence-electron chi connectivity index (χ0n) is 20.4. The summed E-state index contributed by atoms with van der Waals surface area (Å²) in [4.78, 5) is 25.7. The van der Waals surface area contributed by atoms with Crippen LogP contribution in [0.3, 0.4) is 0 Å². The third-order valence-corrected chi connectivity index (χ3v) is 5.48. The van der Waals surface area contributed by atoms with E-state index in [0.717, 1.165) is 0 Å². The second kappa shape index (κ2) is 10.3. The Hall–Kier alpha value is -4.66. The summed E-state index contributed by atoms with van der Waals surface area (Å²) in [6, 6.07) is 12.7. The van der Waals surface area contributed by atoms with Crippen LogP contribution in [0.15, 0.2) is 54.3 Å². The van der Waals surface area contributed by atoms with Gasteiger partial charge in [0, 0.05) is 11.6 Å². The van der Waals surface area contributed by atoms with Crippen LogP contribution in [0.1, 0.15) is 26.3 Å². The maximum absolute atomic E-state index is 12.9. The van der Waals surface area contributed by atoms with Crippen molar-refractivity contribution in [2.45, 2.75) is 0 Å². The monoisotopic (exact) mass is 492 g/mol. The van der Waals surface area contributed by atoms with E-state index in [9.17, 15) is 9.59 Å². The number of allylic oxidation sites excluding steroid dienone is 1. The number of benzene rings is 3. The Morgan fingerprint density at radius 1 is 0.750 bits per heavy atom. The van der Waals surface area contributed by atoms with Gasteiger partial charge in [-0.25, -0.2) is 4.79 Å². The van der Waals surface area contributed by atoms with Gasteiger partial charge in [-0.15, -0.1) is 0 Å². The van der Waals surface area contributed by atoms with Gasteiger partial charge >= 0.3 is 5.97 Å². The molecule has 1 aliphatic rings. The zero-order chi connectivity index (χ0) is 25.8. The van der Waals surface area contributed by atoms with Crippen molar-refractivity contribution >= 4 is 17.8 Å². The average molecular weight is 492 g/mol. The molecule has 0 amide bonds. The largest absolute Gasteiger partial charge is 0.497 e. The molecule has 0 radical (unpaired) electrons. The summed E-state index contributed by atoms with van der Waals surface area (Å²) in [7, 11) is 7.45. The number of fused-ring (bicyclic) bond motifs is 1. The highest BCUT2D eigenvalue weighted by molar-refractivity contribution is 6.14. The first-order chi connectivity index (χ1) is 17.4. The molecule has 186 valence electrons. The molecule has 0 spiro atoms. The van der Waals surface area contributed by atoms with Crippen molar-refractivity contribution in [1.82, 2.24) is 0 Å².